The molecule has 0 aromatic carbocycles. The topological polar surface area (TPSA) is 41.8 Å². The third-order valence-corrected chi connectivity index (χ3v) is 2.76. The third kappa shape index (κ3) is 5.50. The van der Waals surface area contributed by atoms with E-state index in [1.165, 1.54) is 6.08 Å². The number of nitrogens with zero attached hydrogens (tertiary/aromatic N) is 1. The minimum Gasteiger partial charge on any atom is -0.320 e. The van der Waals surface area contributed by atoms with Gasteiger partial charge in [-0.05, 0) is 23.5 Å². The second kappa shape index (κ2) is 7.85. The van der Waals surface area contributed by atoms with Crippen molar-refractivity contribution in [3.63, 3.8) is 0 Å². The van der Waals surface area contributed by atoms with E-state index in [9.17, 15) is 0 Å². The number of unbranched alkanes of at least 4 members (excludes halogenated alkanes) is 1. The van der Waals surface area contributed by atoms with Gasteiger partial charge in [0.05, 0.1) is 0 Å². The molecule has 0 rings (SSSR count). The standard InChI is InChI=1S/C14H23NO2/c1-6-9-10-14(4,5)12(7-2)11-15-13(8-3)17-16/h7-8,11,16H,2-3,6,9-10H2,1,4-5H3/b12-11+,15-13+. The van der Waals surface area contributed by atoms with Gasteiger partial charge in [-0.2, -0.15) is 0 Å². The Morgan fingerprint density at radius 1 is 1.35 bits per heavy atom. The molecule has 3 nitrogen and oxygen atoms in total. The molecule has 0 aromatic heterocycles. The van der Waals surface area contributed by atoms with Crippen LogP contribution in [0.1, 0.15) is 40.0 Å². The molecule has 0 aliphatic rings. The monoisotopic (exact) mass is 237 g/mol. The van der Waals surface area contributed by atoms with Crippen molar-refractivity contribution in [2.45, 2.75) is 40.0 Å². The molecule has 0 bridgehead atoms. The van der Waals surface area contributed by atoms with E-state index in [0.29, 0.717) is 0 Å². The largest absolute Gasteiger partial charge is 0.320 e. The second-order valence-electron chi connectivity index (χ2n) is 4.54. The summed E-state index contributed by atoms with van der Waals surface area (Å²) in [6.45, 7) is 13.7. The Labute approximate surface area is 104 Å². The van der Waals surface area contributed by atoms with Crippen LogP contribution in [0.5, 0.6) is 0 Å². The molecule has 0 spiro atoms. The maximum atomic E-state index is 8.50. The first kappa shape index (κ1) is 15.7. The molecule has 0 radical (unpaired) electrons. The van der Waals surface area contributed by atoms with Gasteiger partial charge in [-0.15, -0.1) is 0 Å². The fraction of sp³-hybridized carbons (Fsp3) is 0.500. The molecule has 0 fully saturated rings. The molecule has 17 heavy (non-hydrogen) atoms. The molecule has 96 valence electrons. The molecular formula is C14H23NO2. The van der Waals surface area contributed by atoms with Crippen LogP contribution < -0.4 is 0 Å². The maximum Gasteiger partial charge on any atom is 0.255 e. The Morgan fingerprint density at radius 3 is 2.41 bits per heavy atom. The van der Waals surface area contributed by atoms with E-state index in [2.05, 4.69) is 43.8 Å². The number of rotatable bonds is 7. The normalized spacial score (nSPS) is 13.4. The predicted molar refractivity (Wildman–Crippen MR) is 72.9 cm³/mol. The average molecular weight is 237 g/mol. The fourth-order valence-corrected chi connectivity index (χ4v) is 1.51. The van der Waals surface area contributed by atoms with E-state index in [-0.39, 0.29) is 11.3 Å². The van der Waals surface area contributed by atoms with Crippen molar-refractivity contribution >= 4 is 5.90 Å². The lowest BCUT2D eigenvalue weighted by atomic mass is 9.80. The van der Waals surface area contributed by atoms with E-state index in [0.717, 1.165) is 24.8 Å². The van der Waals surface area contributed by atoms with E-state index in [1.807, 2.05) is 0 Å². The molecule has 0 amide bonds. The van der Waals surface area contributed by atoms with Gasteiger partial charge < -0.3 is 4.89 Å². The van der Waals surface area contributed by atoms with E-state index >= 15 is 0 Å². The first-order valence-corrected chi connectivity index (χ1v) is 5.86. The molecule has 0 aromatic rings. The van der Waals surface area contributed by atoms with Crippen LogP contribution in [0.25, 0.3) is 0 Å². The first-order valence-electron chi connectivity index (χ1n) is 5.86. The lowest BCUT2D eigenvalue weighted by molar-refractivity contribution is -0.153. The number of hydrogen-bond donors (Lipinski definition) is 1. The molecule has 0 aliphatic heterocycles. The SMILES string of the molecule is C=C/C(=C\N=C(/C=C)OO)C(C)(C)CCCC. The van der Waals surface area contributed by atoms with Gasteiger partial charge in [0.2, 0.25) is 0 Å². The van der Waals surface area contributed by atoms with Gasteiger partial charge in [-0.3, -0.25) is 0 Å². The average Bonchev–Trinajstić information content (AvgIpc) is 2.32. The zero-order chi connectivity index (χ0) is 13.3. The lowest BCUT2D eigenvalue weighted by Gasteiger charge is -2.25. The highest BCUT2D eigenvalue weighted by Crippen LogP contribution is 2.32. The molecule has 0 unspecified atom stereocenters. The Kier molecular flexibility index (Phi) is 7.22. The van der Waals surface area contributed by atoms with Gasteiger partial charge in [0, 0.05) is 6.20 Å². The summed E-state index contributed by atoms with van der Waals surface area (Å²) in [5.74, 6) is 0.0793. The van der Waals surface area contributed by atoms with Gasteiger partial charge in [-0.25, -0.2) is 10.2 Å². The zero-order valence-corrected chi connectivity index (χ0v) is 11.1. The quantitative estimate of drug-likeness (QED) is 0.235. The Balaban J connectivity index is 4.92. The number of allylic oxidation sites excluding steroid dienone is 2. The van der Waals surface area contributed by atoms with Gasteiger partial charge >= 0.3 is 0 Å². The Bertz CT molecular complexity index is 314. The van der Waals surface area contributed by atoms with Crippen molar-refractivity contribution in [3.8, 4) is 0 Å². The zero-order valence-electron chi connectivity index (χ0n) is 11.1. The van der Waals surface area contributed by atoms with E-state index in [1.54, 1.807) is 12.3 Å². The Morgan fingerprint density at radius 2 is 2.00 bits per heavy atom. The fourth-order valence-electron chi connectivity index (χ4n) is 1.51. The number of hydrogen-bond acceptors (Lipinski definition) is 3. The highest BCUT2D eigenvalue weighted by molar-refractivity contribution is 5.86. The van der Waals surface area contributed by atoms with Crippen molar-refractivity contribution in [3.05, 3.63) is 37.1 Å². The molecule has 0 aliphatic carbocycles. The summed E-state index contributed by atoms with van der Waals surface area (Å²) in [5, 5.41) is 8.50. The first-order chi connectivity index (χ1) is 8.01. The van der Waals surface area contributed by atoms with Crippen LogP contribution >= 0.6 is 0 Å². The van der Waals surface area contributed by atoms with Gasteiger partial charge in [0.1, 0.15) is 0 Å². The highest BCUT2D eigenvalue weighted by Gasteiger charge is 2.20. The molecule has 0 heterocycles. The third-order valence-electron chi connectivity index (χ3n) is 2.76. The molecule has 0 saturated heterocycles. The van der Waals surface area contributed by atoms with Gasteiger partial charge in [0.25, 0.3) is 5.90 Å². The van der Waals surface area contributed by atoms with Crippen molar-refractivity contribution in [2.24, 2.45) is 10.4 Å². The minimum atomic E-state index is 0.0169. The van der Waals surface area contributed by atoms with Crippen molar-refractivity contribution in [1.82, 2.24) is 0 Å². The van der Waals surface area contributed by atoms with E-state index < -0.39 is 0 Å². The summed E-state index contributed by atoms with van der Waals surface area (Å²) in [6, 6.07) is 0. The van der Waals surface area contributed by atoms with Crippen LogP contribution in [0.2, 0.25) is 0 Å². The van der Waals surface area contributed by atoms with Crippen LogP contribution in [0.15, 0.2) is 42.1 Å². The molecule has 1 N–H and O–H groups in total. The van der Waals surface area contributed by atoms with E-state index in [4.69, 9.17) is 5.26 Å². The van der Waals surface area contributed by atoms with Crippen LogP contribution in [0, 0.1) is 5.41 Å². The van der Waals surface area contributed by atoms with Crippen LogP contribution in [-0.4, -0.2) is 11.2 Å². The highest BCUT2D eigenvalue weighted by atomic mass is 17.1. The Hall–Kier alpha value is -1.35. The lowest BCUT2D eigenvalue weighted by Crippen LogP contribution is -2.13. The van der Waals surface area contributed by atoms with Crippen LogP contribution in [0.3, 0.4) is 0 Å². The predicted octanol–water partition coefficient (Wildman–Crippen LogP) is 4.35. The minimum absolute atomic E-state index is 0.0169. The smallest absolute Gasteiger partial charge is 0.255 e. The summed E-state index contributed by atoms with van der Waals surface area (Å²) >= 11 is 0. The summed E-state index contributed by atoms with van der Waals surface area (Å²) < 4.78 is 0. The summed E-state index contributed by atoms with van der Waals surface area (Å²) in [6.07, 6.45) is 8.19. The molecular weight excluding hydrogens is 214 g/mol. The maximum absolute atomic E-state index is 8.50. The van der Waals surface area contributed by atoms with Crippen molar-refractivity contribution in [2.75, 3.05) is 0 Å². The summed E-state index contributed by atoms with van der Waals surface area (Å²) in [7, 11) is 0. The van der Waals surface area contributed by atoms with Crippen LogP contribution in [-0.2, 0) is 4.89 Å². The summed E-state index contributed by atoms with van der Waals surface area (Å²) in [5.41, 5.74) is 1.03. The second-order valence-corrected chi connectivity index (χ2v) is 4.54. The summed E-state index contributed by atoms with van der Waals surface area (Å²) in [4.78, 5) is 8.04. The van der Waals surface area contributed by atoms with Crippen LogP contribution in [0.4, 0.5) is 0 Å². The van der Waals surface area contributed by atoms with Gasteiger partial charge in [-0.1, -0.05) is 52.8 Å². The molecule has 0 atom stereocenters. The van der Waals surface area contributed by atoms with Crippen molar-refractivity contribution in [1.29, 1.82) is 0 Å². The van der Waals surface area contributed by atoms with Crippen molar-refractivity contribution < 1.29 is 10.1 Å². The molecule has 3 heteroatoms. The molecule has 0 saturated carbocycles. The number of aliphatic imine (C=N–C) groups is 1. The van der Waals surface area contributed by atoms with Gasteiger partial charge in [0.15, 0.2) is 0 Å².